The Hall–Kier alpha value is -1.62. The van der Waals surface area contributed by atoms with Crippen molar-refractivity contribution in [1.82, 2.24) is 14.8 Å². The van der Waals surface area contributed by atoms with Crippen molar-refractivity contribution in [3.63, 3.8) is 0 Å². The zero-order chi connectivity index (χ0) is 16.1. The van der Waals surface area contributed by atoms with Crippen molar-refractivity contribution >= 4 is 11.7 Å². The summed E-state index contributed by atoms with van der Waals surface area (Å²) in [5.41, 5.74) is 1.21. The molecule has 0 aliphatic carbocycles. The van der Waals surface area contributed by atoms with Crippen LogP contribution in [-0.4, -0.2) is 62.0 Å². The van der Waals surface area contributed by atoms with Crippen molar-refractivity contribution in [1.29, 1.82) is 0 Å². The maximum atomic E-state index is 12.5. The number of carbonyl (C=O) groups is 1. The molecular formula is C17H28N4O. The van der Waals surface area contributed by atoms with Gasteiger partial charge in [0.25, 0.3) is 0 Å². The van der Waals surface area contributed by atoms with E-state index in [1.54, 1.807) is 0 Å². The van der Waals surface area contributed by atoms with Gasteiger partial charge < -0.3 is 14.7 Å². The quantitative estimate of drug-likeness (QED) is 0.807. The molecule has 1 aromatic heterocycles. The van der Waals surface area contributed by atoms with Crippen molar-refractivity contribution < 1.29 is 4.79 Å². The highest BCUT2D eigenvalue weighted by Gasteiger charge is 2.29. The second-order valence-electron chi connectivity index (χ2n) is 6.49. The van der Waals surface area contributed by atoms with Gasteiger partial charge in [-0.15, -0.1) is 0 Å². The second-order valence-corrected chi connectivity index (χ2v) is 6.49. The number of likely N-dealkylation sites (tertiary alicyclic amines) is 1. The summed E-state index contributed by atoms with van der Waals surface area (Å²) in [6.45, 7) is 1.84. The fourth-order valence-electron chi connectivity index (χ4n) is 2.99. The molecule has 5 nitrogen and oxygen atoms in total. The van der Waals surface area contributed by atoms with E-state index in [9.17, 15) is 4.79 Å². The van der Waals surface area contributed by atoms with E-state index in [4.69, 9.17) is 0 Å². The highest BCUT2D eigenvalue weighted by atomic mass is 16.2. The Kier molecular flexibility index (Phi) is 5.77. The van der Waals surface area contributed by atoms with Crippen LogP contribution in [0.15, 0.2) is 18.3 Å². The lowest BCUT2D eigenvalue weighted by molar-refractivity contribution is -0.132. The molecule has 1 atom stereocenters. The standard InChI is InChI=1S/C17H28N4O/c1-19(2)11-6-8-17(22)21-12-5-7-15(21)14-9-10-18-16(13-14)20(3)4/h9-10,13,15H,5-8,11-12H2,1-4H3. The molecule has 1 unspecified atom stereocenters. The lowest BCUT2D eigenvalue weighted by atomic mass is 10.1. The topological polar surface area (TPSA) is 39.7 Å². The molecule has 1 amide bonds. The van der Waals surface area contributed by atoms with Crippen LogP contribution in [0.4, 0.5) is 5.82 Å². The number of hydrogen-bond donors (Lipinski definition) is 0. The van der Waals surface area contributed by atoms with Gasteiger partial charge in [-0.05, 0) is 57.6 Å². The molecule has 5 heteroatoms. The second kappa shape index (κ2) is 7.58. The molecule has 1 saturated heterocycles. The Labute approximate surface area is 133 Å². The highest BCUT2D eigenvalue weighted by molar-refractivity contribution is 5.77. The van der Waals surface area contributed by atoms with Gasteiger partial charge in [-0.1, -0.05) is 0 Å². The van der Waals surface area contributed by atoms with E-state index in [2.05, 4.69) is 20.9 Å². The molecule has 1 aromatic rings. The van der Waals surface area contributed by atoms with Crippen LogP contribution in [0.3, 0.4) is 0 Å². The summed E-state index contributed by atoms with van der Waals surface area (Å²) in [6.07, 6.45) is 5.55. The highest BCUT2D eigenvalue weighted by Crippen LogP contribution is 2.33. The van der Waals surface area contributed by atoms with Crippen molar-refractivity contribution in [2.45, 2.75) is 31.7 Å². The molecule has 0 N–H and O–H groups in total. The Morgan fingerprint density at radius 1 is 1.36 bits per heavy atom. The summed E-state index contributed by atoms with van der Waals surface area (Å²) in [5.74, 6) is 1.23. The zero-order valence-corrected chi connectivity index (χ0v) is 14.2. The first-order valence-corrected chi connectivity index (χ1v) is 8.06. The van der Waals surface area contributed by atoms with Gasteiger partial charge in [0, 0.05) is 33.3 Å². The van der Waals surface area contributed by atoms with Crippen LogP contribution in [0, 0.1) is 0 Å². The average Bonchev–Trinajstić information content (AvgIpc) is 2.96. The van der Waals surface area contributed by atoms with Gasteiger partial charge >= 0.3 is 0 Å². The molecule has 1 aliphatic rings. The Bertz CT molecular complexity index is 501. The van der Waals surface area contributed by atoms with Crippen LogP contribution < -0.4 is 4.90 Å². The Balaban J connectivity index is 2.03. The molecule has 2 heterocycles. The fraction of sp³-hybridized carbons (Fsp3) is 0.647. The lowest BCUT2D eigenvalue weighted by Gasteiger charge is -2.26. The van der Waals surface area contributed by atoms with E-state index < -0.39 is 0 Å². The molecule has 122 valence electrons. The SMILES string of the molecule is CN(C)CCCC(=O)N1CCCC1c1ccnc(N(C)C)c1. The maximum Gasteiger partial charge on any atom is 0.223 e. The number of anilines is 1. The first-order valence-electron chi connectivity index (χ1n) is 8.06. The van der Waals surface area contributed by atoms with Crippen LogP contribution in [0.2, 0.25) is 0 Å². The van der Waals surface area contributed by atoms with Crippen molar-refractivity contribution in [3.8, 4) is 0 Å². The van der Waals surface area contributed by atoms with E-state index in [1.807, 2.05) is 45.4 Å². The number of hydrogen-bond acceptors (Lipinski definition) is 4. The molecule has 1 fully saturated rings. The Morgan fingerprint density at radius 2 is 2.14 bits per heavy atom. The predicted molar refractivity (Wildman–Crippen MR) is 90.0 cm³/mol. The number of aromatic nitrogens is 1. The molecule has 0 bridgehead atoms. The van der Waals surface area contributed by atoms with Gasteiger partial charge in [0.1, 0.15) is 5.82 Å². The lowest BCUT2D eigenvalue weighted by Crippen LogP contribution is -2.31. The van der Waals surface area contributed by atoms with Crippen LogP contribution in [0.5, 0.6) is 0 Å². The number of rotatable bonds is 6. The van der Waals surface area contributed by atoms with Crippen LogP contribution in [0.25, 0.3) is 0 Å². The summed E-state index contributed by atoms with van der Waals surface area (Å²) in [7, 11) is 8.07. The summed E-state index contributed by atoms with van der Waals surface area (Å²) in [6, 6.07) is 4.37. The van der Waals surface area contributed by atoms with Crippen molar-refractivity contribution in [3.05, 3.63) is 23.9 Å². The smallest absolute Gasteiger partial charge is 0.223 e. The third kappa shape index (κ3) is 4.19. The number of nitrogens with zero attached hydrogens (tertiary/aromatic N) is 4. The van der Waals surface area contributed by atoms with Gasteiger partial charge in [0.15, 0.2) is 0 Å². The van der Waals surface area contributed by atoms with Crippen molar-refractivity contribution in [2.75, 3.05) is 46.2 Å². The van der Waals surface area contributed by atoms with Crippen LogP contribution in [0.1, 0.15) is 37.3 Å². The van der Waals surface area contributed by atoms with E-state index in [1.165, 1.54) is 5.56 Å². The molecule has 0 saturated carbocycles. The van der Waals surface area contributed by atoms with Gasteiger partial charge in [0.2, 0.25) is 5.91 Å². The average molecular weight is 304 g/mol. The molecule has 2 rings (SSSR count). The Morgan fingerprint density at radius 3 is 2.82 bits per heavy atom. The summed E-state index contributed by atoms with van der Waals surface area (Å²) < 4.78 is 0. The van der Waals surface area contributed by atoms with E-state index >= 15 is 0 Å². The van der Waals surface area contributed by atoms with Crippen molar-refractivity contribution in [2.24, 2.45) is 0 Å². The first kappa shape index (κ1) is 16.7. The first-order chi connectivity index (χ1) is 10.5. The molecule has 0 aromatic carbocycles. The normalized spacial score (nSPS) is 18.0. The summed E-state index contributed by atoms with van der Waals surface area (Å²) >= 11 is 0. The van der Waals surface area contributed by atoms with E-state index in [0.717, 1.165) is 38.2 Å². The van der Waals surface area contributed by atoms with Gasteiger partial charge in [0.05, 0.1) is 6.04 Å². The monoisotopic (exact) mass is 304 g/mol. The van der Waals surface area contributed by atoms with Gasteiger partial charge in [-0.2, -0.15) is 0 Å². The molecule has 0 radical (unpaired) electrons. The minimum atomic E-state index is 0.216. The predicted octanol–water partition coefficient (Wildman–Crippen LogP) is 2.15. The number of carbonyl (C=O) groups excluding carboxylic acids is 1. The summed E-state index contributed by atoms with van der Waals surface area (Å²) in [5, 5.41) is 0. The minimum Gasteiger partial charge on any atom is -0.363 e. The summed E-state index contributed by atoms with van der Waals surface area (Å²) in [4.78, 5) is 23.1. The van der Waals surface area contributed by atoms with Crippen LogP contribution >= 0.6 is 0 Å². The number of amides is 1. The van der Waals surface area contributed by atoms with E-state index in [0.29, 0.717) is 6.42 Å². The number of pyridine rings is 1. The van der Waals surface area contributed by atoms with Gasteiger partial charge in [-0.3, -0.25) is 4.79 Å². The molecule has 1 aliphatic heterocycles. The van der Waals surface area contributed by atoms with E-state index in [-0.39, 0.29) is 11.9 Å². The largest absolute Gasteiger partial charge is 0.363 e. The minimum absolute atomic E-state index is 0.216. The molecule has 0 spiro atoms. The molecule has 22 heavy (non-hydrogen) atoms. The zero-order valence-electron chi connectivity index (χ0n) is 14.2. The third-order valence-electron chi connectivity index (χ3n) is 4.18. The fourth-order valence-corrected chi connectivity index (χ4v) is 2.99. The maximum absolute atomic E-state index is 12.5. The van der Waals surface area contributed by atoms with Gasteiger partial charge in [-0.25, -0.2) is 4.98 Å². The third-order valence-corrected chi connectivity index (χ3v) is 4.18. The van der Waals surface area contributed by atoms with Crippen LogP contribution in [-0.2, 0) is 4.79 Å². The molecular weight excluding hydrogens is 276 g/mol.